The van der Waals surface area contributed by atoms with Crippen LogP contribution in [-0.2, 0) is 10.2 Å². The summed E-state index contributed by atoms with van der Waals surface area (Å²) in [4.78, 5) is 11.3. The Bertz CT molecular complexity index is 472. The summed E-state index contributed by atoms with van der Waals surface area (Å²) >= 11 is 0. The molecule has 2 N–H and O–H groups in total. The van der Waals surface area contributed by atoms with Gasteiger partial charge in [-0.3, -0.25) is 4.79 Å². The lowest BCUT2D eigenvalue weighted by molar-refractivity contribution is -0.120. The average molecular weight is 204 g/mol. The van der Waals surface area contributed by atoms with E-state index in [9.17, 15) is 9.18 Å². The number of nitriles is 1. The first-order chi connectivity index (χ1) is 7.12. The lowest BCUT2D eigenvalue weighted by atomic mass is 9.90. The quantitative estimate of drug-likeness (QED) is 0.786. The zero-order chi connectivity index (χ0) is 11.1. The number of primary amides is 1. The van der Waals surface area contributed by atoms with Crippen LogP contribution in [0.1, 0.15) is 24.0 Å². The molecule has 0 aliphatic heterocycles. The van der Waals surface area contributed by atoms with Crippen molar-refractivity contribution in [2.45, 2.75) is 18.3 Å². The molecule has 0 spiro atoms. The van der Waals surface area contributed by atoms with Crippen LogP contribution >= 0.6 is 0 Å². The lowest BCUT2D eigenvalue weighted by Crippen LogP contribution is -2.30. The summed E-state index contributed by atoms with van der Waals surface area (Å²) in [6.07, 6.45) is 1.05. The molecule has 0 aromatic heterocycles. The molecule has 0 heterocycles. The molecule has 3 nitrogen and oxygen atoms in total. The highest BCUT2D eigenvalue weighted by molar-refractivity contribution is 5.90. The fourth-order valence-corrected chi connectivity index (χ4v) is 1.85. The normalized spacial score (nSPS) is 16.8. The highest BCUT2D eigenvalue weighted by Crippen LogP contribution is 2.49. The van der Waals surface area contributed by atoms with E-state index in [0.717, 1.165) is 0 Å². The maximum Gasteiger partial charge on any atom is 0.228 e. The van der Waals surface area contributed by atoms with Gasteiger partial charge in [-0.2, -0.15) is 5.26 Å². The van der Waals surface area contributed by atoms with Gasteiger partial charge < -0.3 is 5.73 Å². The molecular weight excluding hydrogens is 195 g/mol. The third-order valence-electron chi connectivity index (χ3n) is 2.83. The van der Waals surface area contributed by atoms with Gasteiger partial charge in [-0.05, 0) is 25.0 Å². The molecule has 1 aromatic carbocycles. The van der Waals surface area contributed by atoms with Gasteiger partial charge in [0.25, 0.3) is 0 Å². The van der Waals surface area contributed by atoms with Gasteiger partial charge in [0.05, 0.1) is 17.0 Å². The molecule has 0 saturated heterocycles. The minimum atomic E-state index is -0.934. The maximum atomic E-state index is 13.6. The first-order valence-electron chi connectivity index (χ1n) is 4.61. The lowest BCUT2D eigenvalue weighted by Gasteiger charge is -2.13. The topological polar surface area (TPSA) is 66.9 Å². The van der Waals surface area contributed by atoms with Crippen LogP contribution in [0.3, 0.4) is 0 Å². The van der Waals surface area contributed by atoms with Crippen molar-refractivity contribution in [3.63, 3.8) is 0 Å². The number of hydrogen-bond acceptors (Lipinski definition) is 2. The number of amides is 1. The third kappa shape index (κ3) is 1.28. The Labute approximate surface area is 86.3 Å². The number of halogens is 1. The summed E-state index contributed by atoms with van der Waals surface area (Å²) in [7, 11) is 0. The van der Waals surface area contributed by atoms with Crippen molar-refractivity contribution >= 4 is 5.91 Å². The standard InChI is InChI=1S/C11H9FN2O/c12-8-3-1-2-7(6-13)9(8)11(4-5-11)10(14)15/h1-3H,4-5H2,(H2,14,15). The Hall–Kier alpha value is -1.89. The van der Waals surface area contributed by atoms with Crippen LogP contribution in [0.5, 0.6) is 0 Å². The Morgan fingerprint density at radius 3 is 2.67 bits per heavy atom. The summed E-state index contributed by atoms with van der Waals surface area (Å²) in [6.45, 7) is 0. The minimum Gasteiger partial charge on any atom is -0.369 e. The second-order valence-corrected chi connectivity index (χ2v) is 3.72. The van der Waals surface area contributed by atoms with Crippen molar-refractivity contribution < 1.29 is 9.18 Å². The van der Waals surface area contributed by atoms with Crippen LogP contribution in [0.25, 0.3) is 0 Å². The summed E-state index contributed by atoms with van der Waals surface area (Å²) in [5.74, 6) is -1.07. The first-order valence-corrected chi connectivity index (χ1v) is 4.61. The van der Waals surface area contributed by atoms with E-state index in [0.29, 0.717) is 12.8 Å². The van der Waals surface area contributed by atoms with Crippen LogP contribution in [0.4, 0.5) is 4.39 Å². The number of carbonyl (C=O) groups excluding carboxylic acids is 1. The fourth-order valence-electron chi connectivity index (χ4n) is 1.85. The van der Waals surface area contributed by atoms with Gasteiger partial charge >= 0.3 is 0 Å². The predicted molar refractivity (Wildman–Crippen MR) is 51.2 cm³/mol. The largest absolute Gasteiger partial charge is 0.369 e. The molecule has 0 radical (unpaired) electrons. The summed E-state index contributed by atoms with van der Waals surface area (Å²) in [5.41, 5.74) is 4.68. The average Bonchev–Trinajstić information content (AvgIpc) is 2.98. The van der Waals surface area contributed by atoms with Gasteiger partial charge in [0.15, 0.2) is 0 Å². The number of hydrogen-bond donors (Lipinski definition) is 1. The Morgan fingerprint density at radius 1 is 1.53 bits per heavy atom. The molecule has 1 saturated carbocycles. The van der Waals surface area contributed by atoms with E-state index >= 15 is 0 Å². The van der Waals surface area contributed by atoms with Gasteiger partial charge in [-0.15, -0.1) is 0 Å². The Morgan fingerprint density at radius 2 is 2.20 bits per heavy atom. The molecule has 1 aliphatic carbocycles. The molecule has 1 amide bonds. The SMILES string of the molecule is N#Cc1cccc(F)c1C1(C(N)=O)CC1. The molecule has 1 fully saturated rings. The molecule has 2 rings (SSSR count). The van der Waals surface area contributed by atoms with Crippen LogP contribution in [0, 0.1) is 17.1 Å². The molecule has 1 aromatic rings. The number of nitrogens with zero attached hydrogens (tertiary/aromatic N) is 1. The van der Waals surface area contributed by atoms with Crippen molar-refractivity contribution in [1.29, 1.82) is 5.26 Å². The number of benzene rings is 1. The summed E-state index contributed by atoms with van der Waals surface area (Å²) < 4.78 is 13.6. The maximum absolute atomic E-state index is 13.6. The van der Waals surface area contributed by atoms with Crippen LogP contribution in [0.2, 0.25) is 0 Å². The second kappa shape index (κ2) is 3.06. The van der Waals surface area contributed by atoms with Gasteiger partial charge in [0.2, 0.25) is 5.91 Å². The number of nitrogens with two attached hydrogens (primary N) is 1. The van der Waals surface area contributed by atoms with Crippen LogP contribution in [0.15, 0.2) is 18.2 Å². The molecule has 0 bridgehead atoms. The Kier molecular flexibility index (Phi) is 1.97. The summed E-state index contributed by atoms with van der Waals surface area (Å²) in [5, 5.41) is 8.85. The van der Waals surface area contributed by atoms with Gasteiger partial charge in [0, 0.05) is 5.56 Å². The van der Waals surface area contributed by atoms with E-state index in [1.165, 1.54) is 18.2 Å². The third-order valence-corrected chi connectivity index (χ3v) is 2.83. The van der Waals surface area contributed by atoms with E-state index in [2.05, 4.69) is 0 Å². The zero-order valence-electron chi connectivity index (χ0n) is 7.96. The molecule has 0 unspecified atom stereocenters. The predicted octanol–water partition coefficient (Wildman–Crippen LogP) is 1.21. The van der Waals surface area contributed by atoms with Gasteiger partial charge in [-0.1, -0.05) is 6.07 Å². The highest BCUT2D eigenvalue weighted by Gasteiger charge is 2.52. The van der Waals surface area contributed by atoms with Crippen molar-refractivity contribution in [3.8, 4) is 6.07 Å². The van der Waals surface area contributed by atoms with E-state index in [4.69, 9.17) is 11.0 Å². The van der Waals surface area contributed by atoms with Crippen molar-refractivity contribution in [2.75, 3.05) is 0 Å². The molecular formula is C11H9FN2O. The fraction of sp³-hybridized carbons (Fsp3) is 0.273. The monoisotopic (exact) mass is 204 g/mol. The second-order valence-electron chi connectivity index (χ2n) is 3.72. The highest BCUT2D eigenvalue weighted by atomic mass is 19.1. The molecule has 76 valence electrons. The smallest absolute Gasteiger partial charge is 0.228 e. The first kappa shape index (κ1) is 9.66. The van der Waals surface area contributed by atoms with Crippen molar-refractivity contribution in [1.82, 2.24) is 0 Å². The summed E-state index contributed by atoms with van der Waals surface area (Å²) in [6, 6.07) is 6.09. The molecule has 1 aliphatic rings. The minimum absolute atomic E-state index is 0.167. The van der Waals surface area contributed by atoms with E-state index < -0.39 is 17.1 Å². The van der Waals surface area contributed by atoms with E-state index in [1.807, 2.05) is 6.07 Å². The zero-order valence-corrected chi connectivity index (χ0v) is 7.96. The van der Waals surface area contributed by atoms with Crippen LogP contribution in [-0.4, -0.2) is 5.91 Å². The van der Waals surface area contributed by atoms with E-state index in [-0.39, 0.29) is 11.1 Å². The molecule has 4 heteroatoms. The number of carbonyl (C=O) groups is 1. The number of rotatable bonds is 2. The van der Waals surface area contributed by atoms with Crippen molar-refractivity contribution in [2.24, 2.45) is 5.73 Å². The molecule has 0 atom stereocenters. The van der Waals surface area contributed by atoms with E-state index in [1.54, 1.807) is 0 Å². The molecule has 15 heavy (non-hydrogen) atoms. The Balaban J connectivity index is 2.63. The van der Waals surface area contributed by atoms with Crippen molar-refractivity contribution in [3.05, 3.63) is 35.1 Å². The van der Waals surface area contributed by atoms with Gasteiger partial charge in [-0.25, -0.2) is 4.39 Å². The van der Waals surface area contributed by atoms with Gasteiger partial charge in [0.1, 0.15) is 5.82 Å². The van der Waals surface area contributed by atoms with Crippen LogP contribution < -0.4 is 5.73 Å².